The second-order valence-corrected chi connectivity index (χ2v) is 14.8. The van der Waals surface area contributed by atoms with Crippen molar-refractivity contribution >= 4 is 19.8 Å². The number of unbranched alkanes of at least 4 members (excludes halogenated alkanes) is 24. The SMILES string of the molecule is CCCCCCCCCCCCCCCC(=O)OC[C@H](COP(=O)(O)OCCC)OC(=O)CCCCCCCCCCCCCCC. The van der Waals surface area contributed by atoms with Crippen molar-refractivity contribution in [1.29, 1.82) is 0 Å². The zero-order valence-electron chi connectivity index (χ0n) is 31.0. The summed E-state index contributed by atoms with van der Waals surface area (Å²) in [5, 5.41) is 0. The lowest BCUT2D eigenvalue weighted by molar-refractivity contribution is -0.161. The van der Waals surface area contributed by atoms with Crippen LogP contribution >= 0.6 is 7.82 Å². The predicted molar refractivity (Wildman–Crippen MR) is 193 cm³/mol. The molecule has 0 saturated heterocycles. The molecule has 0 spiro atoms. The molecule has 0 aliphatic rings. The molecule has 1 unspecified atom stereocenters. The molecule has 0 bridgehead atoms. The van der Waals surface area contributed by atoms with Crippen molar-refractivity contribution in [1.82, 2.24) is 0 Å². The van der Waals surface area contributed by atoms with Gasteiger partial charge in [-0.3, -0.25) is 18.6 Å². The highest BCUT2D eigenvalue weighted by molar-refractivity contribution is 7.47. The van der Waals surface area contributed by atoms with Crippen LogP contribution < -0.4 is 0 Å². The molecular formula is C38H75O8P. The van der Waals surface area contributed by atoms with Gasteiger partial charge in [0.05, 0.1) is 13.2 Å². The number of phosphoric acid groups is 1. The Morgan fingerprint density at radius 3 is 1.23 bits per heavy atom. The number of esters is 2. The Morgan fingerprint density at radius 2 is 0.851 bits per heavy atom. The normalized spacial score (nSPS) is 13.4. The summed E-state index contributed by atoms with van der Waals surface area (Å²) in [7, 11) is -4.28. The number of hydrogen-bond donors (Lipinski definition) is 1. The molecule has 0 amide bonds. The number of rotatable bonds is 37. The minimum Gasteiger partial charge on any atom is -0.462 e. The minimum absolute atomic E-state index is 0.0748. The van der Waals surface area contributed by atoms with Crippen molar-refractivity contribution in [3.05, 3.63) is 0 Å². The van der Waals surface area contributed by atoms with Crippen molar-refractivity contribution in [3.8, 4) is 0 Å². The molecule has 280 valence electrons. The van der Waals surface area contributed by atoms with E-state index < -0.39 is 19.9 Å². The van der Waals surface area contributed by atoms with E-state index in [9.17, 15) is 19.0 Å². The largest absolute Gasteiger partial charge is 0.472 e. The molecule has 1 N–H and O–H groups in total. The van der Waals surface area contributed by atoms with Gasteiger partial charge >= 0.3 is 19.8 Å². The van der Waals surface area contributed by atoms with Crippen molar-refractivity contribution in [2.75, 3.05) is 19.8 Å². The van der Waals surface area contributed by atoms with E-state index in [-0.39, 0.29) is 32.2 Å². The van der Waals surface area contributed by atoms with Gasteiger partial charge in [0.25, 0.3) is 0 Å². The molecule has 2 atom stereocenters. The number of phosphoric ester groups is 1. The molecule has 0 aromatic rings. The Kier molecular flexibility index (Phi) is 34.2. The molecule has 0 saturated carbocycles. The Labute approximate surface area is 289 Å². The maximum absolute atomic E-state index is 12.5. The summed E-state index contributed by atoms with van der Waals surface area (Å²) in [6.45, 7) is 5.80. The molecule has 8 nitrogen and oxygen atoms in total. The monoisotopic (exact) mass is 691 g/mol. The highest BCUT2D eigenvalue weighted by Crippen LogP contribution is 2.43. The van der Waals surface area contributed by atoms with Crippen LogP contribution in [0.15, 0.2) is 0 Å². The summed E-state index contributed by atoms with van der Waals surface area (Å²) in [6, 6.07) is 0. The Hall–Kier alpha value is -0.950. The molecule has 0 aromatic heterocycles. The molecule has 0 aromatic carbocycles. The van der Waals surface area contributed by atoms with E-state index in [1.165, 1.54) is 128 Å². The lowest BCUT2D eigenvalue weighted by Gasteiger charge is -2.20. The molecule has 0 aliphatic heterocycles. The summed E-state index contributed by atoms with van der Waals surface area (Å²) < 4.78 is 32.9. The van der Waals surface area contributed by atoms with Crippen LogP contribution in [0.1, 0.15) is 207 Å². The molecule has 0 fully saturated rings. The van der Waals surface area contributed by atoms with Crippen molar-refractivity contribution in [2.24, 2.45) is 0 Å². The third-order valence-electron chi connectivity index (χ3n) is 8.58. The van der Waals surface area contributed by atoms with E-state index >= 15 is 0 Å². The van der Waals surface area contributed by atoms with Crippen LogP contribution in [0.4, 0.5) is 0 Å². The van der Waals surface area contributed by atoms with Gasteiger partial charge in [0.1, 0.15) is 6.61 Å². The third kappa shape index (κ3) is 34.7. The first kappa shape index (κ1) is 46.0. The van der Waals surface area contributed by atoms with E-state index in [0.717, 1.165) is 38.5 Å². The molecule has 0 aliphatic carbocycles. The van der Waals surface area contributed by atoms with Gasteiger partial charge in [-0.25, -0.2) is 4.57 Å². The van der Waals surface area contributed by atoms with Gasteiger partial charge in [-0.2, -0.15) is 0 Å². The van der Waals surface area contributed by atoms with Gasteiger partial charge in [-0.15, -0.1) is 0 Å². The average Bonchev–Trinajstić information content (AvgIpc) is 3.05. The van der Waals surface area contributed by atoms with Crippen LogP contribution in [-0.2, 0) is 32.7 Å². The number of carbonyl (C=O) groups excluding carboxylic acids is 2. The second-order valence-electron chi connectivity index (χ2n) is 13.4. The molecular weight excluding hydrogens is 615 g/mol. The maximum Gasteiger partial charge on any atom is 0.472 e. The van der Waals surface area contributed by atoms with Crippen LogP contribution in [0.25, 0.3) is 0 Å². The van der Waals surface area contributed by atoms with Crippen molar-refractivity contribution in [3.63, 3.8) is 0 Å². The average molecular weight is 691 g/mol. The van der Waals surface area contributed by atoms with Crippen LogP contribution in [0, 0.1) is 0 Å². The summed E-state index contributed by atoms with van der Waals surface area (Å²) in [5.74, 6) is -0.781. The molecule has 47 heavy (non-hydrogen) atoms. The highest BCUT2D eigenvalue weighted by Gasteiger charge is 2.25. The Bertz CT molecular complexity index is 747. The maximum atomic E-state index is 12.5. The first-order chi connectivity index (χ1) is 22.8. The highest BCUT2D eigenvalue weighted by atomic mass is 31.2. The quantitative estimate of drug-likeness (QED) is 0.0390. The standard InChI is InChI=1S/C38H75O8P/c1-4-7-9-11-13-15-17-19-21-23-25-27-29-31-37(39)43-34-36(35-45-47(41,42)44-33-6-3)46-38(40)32-30-28-26-24-22-20-18-16-14-12-10-8-5-2/h36H,4-35H2,1-3H3,(H,41,42)/t36-/m1/s1. The van der Waals surface area contributed by atoms with E-state index in [4.69, 9.17) is 18.5 Å². The fraction of sp³-hybridized carbons (Fsp3) is 0.947. The van der Waals surface area contributed by atoms with Crippen molar-refractivity contribution in [2.45, 2.75) is 213 Å². The smallest absolute Gasteiger partial charge is 0.462 e. The zero-order chi connectivity index (χ0) is 34.7. The summed E-state index contributed by atoms with van der Waals surface area (Å²) in [4.78, 5) is 34.8. The minimum atomic E-state index is -4.28. The summed E-state index contributed by atoms with van der Waals surface area (Å²) in [5.41, 5.74) is 0. The van der Waals surface area contributed by atoms with Gasteiger partial charge in [-0.1, -0.05) is 175 Å². The van der Waals surface area contributed by atoms with Gasteiger partial charge in [0, 0.05) is 12.8 Å². The number of hydrogen-bond acceptors (Lipinski definition) is 7. The first-order valence-electron chi connectivity index (χ1n) is 19.8. The molecule has 9 heteroatoms. The topological polar surface area (TPSA) is 108 Å². The van der Waals surface area contributed by atoms with Gasteiger partial charge in [0.15, 0.2) is 6.10 Å². The molecule has 0 heterocycles. The van der Waals surface area contributed by atoms with Crippen LogP contribution in [0.5, 0.6) is 0 Å². The van der Waals surface area contributed by atoms with Gasteiger partial charge < -0.3 is 14.4 Å². The fourth-order valence-electron chi connectivity index (χ4n) is 5.61. The Balaban J connectivity index is 4.18. The van der Waals surface area contributed by atoms with Crippen LogP contribution in [0.3, 0.4) is 0 Å². The molecule has 0 rings (SSSR count). The first-order valence-corrected chi connectivity index (χ1v) is 21.3. The van der Waals surface area contributed by atoms with E-state index in [1.54, 1.807) is 0 Å². The Morgan fingerprint density at radius 1 is 0.489 bits per heavy atom. The number of carbonyl (C=O) groups is 2. The van der Waals surface area contributed by atoms with E-state index in [0.29, 0.717) is 12.8 Å². The van der Waals surface area contributed by atoms with Crippen LogP contribution in [0.2, 0.25) is 0 Å². The summed E-state index contributed by atoms with van der Waals surface area (Å²) in [6.07, 6.45) is 32.0. The van der Waals surface area contributed by atoms with Crippen LogP contribution in [-0.4, -0.2) is 42.8 Å². The van der Waals surface area contributed by atoms with Gasteiger partial charge in [-0.05, 0) is 19.3 Å². The fourth-order valence-corrected chi connectivity index (χ4v) is 6.46. The lowest BCUT2D eigenvalue weighted by Crippen LogP contribution is -2.29. The van der Waals surface area contributed by atoms with E-state index in [1.807, 2.05) is 6.92 Å². The molecule has 0 radical (unpaired) electrons. The lowest BCUT2D eigenvalue weighted by atomic mass is 10.0. The number of ether oxygens (including phenoxy) is 2. The zero-order valence-corrected chi connectivity index (χ0v) is 31.9. The predicted octanol–water partition coefficient (Wildman–Crippen LogP) is 11.9. The van der Waals surface area contributed by atoms with Crippen molar-refractivity contribution < 1.29 is 37.6 Å². The van der Waals surface area contributed by atoms with Gasteiger partial charge in [0.2, 0.25) is 0 Å². The summed E-state index contributed by atoms with van der Waals surface area (Å²) >= 11 is 0. The third-order valence-corrected chi connectivity index (χ3v) is 9.56. The van der Waals surface area contributed by atoms with E-state index in [2.05, 4.69) is 13.8 Å². The second kappa shape index (κ2) is 34.9.